The first-order chi connectivity index (χ1) is 33.6. The number of ether oxygens (including phenoxy) is 4. The molecule has 0 bridgehead atoms. The first-order valence-electron chi connectivity index (χ1n) is 26.7. The zero-order valence-electron chi connectivity index (χ0n) is 44.2. The van der Waals surface area contributed by atoms with E-state index in [0.29, 0.717) is 23.9 Å². The van der Waals surface area contributed by atoms with Crippen molar-refractivity contribution < 1.29 is 42.9 Å². The van der Waals surface area contributed by atoms with Crippen molar-refractivity contribution in [2.45, 2.75) is 193 Å². The molecule has 2 unspecified atom stereocenters. The van der Waals surface area contributed by atoms with E-state index in [-0.39, 0.29) is 38.6 Å². The number of likely N-dealkylation sites (N-methyl/N-ethyl adjacent to an activating group) is 1. The summed E-state index contributed by atoms with van der Waals surface area (Å²) in [6, 6.07) is 0. The van der Waals surface area contributed by atoms with E-state index < -0.39 is 24.3 Å². The average molecular weight is 961 g/mol. The maximum atomic E-state index is 12.8. The number of carboxylic acid groups (broad SMARTS) is 1. The molecule has 2 atom stereocenters. The number of carbonyl (C=O) groups is 3. The Morgan fingerprint density at radius 1 is 0.435 bits per heavy atom. The van der Waals surface area contributed by atoms with Gasteiger partial charge in [0.1, 0.15) is 13.2 Å². The zero-order chi connectivity index (χ0) is 50.6. The lowest BCUT2D eigenvalue weighted by Gasteiger charge is -2.25. The monoisotopic (exact) mass is 961 g/mol. The van der Waals surface area contributed by atoms with Crippen molar-refractivity contribution in [1.82, 2.24) is 0 Å². The van der Waals surface area contributed by atoms with Gasteiger partial charge in [-0.3, -0.25) is 9.59 Å². The lowest BCUT2D eigenvalue weighted by Crippen LogP contribution is -2.40. The highest BCUT2D eigenvalue weighted by Gasteiger charge is 2.25. The number of hydrogen-bond donors (Lipinski definition) is 1. The Morgan fingerprint density at radius 2 is 0.783 bits per heavy atom. The zero-order valence-corrected chi connectivity index (χ0v) is 44.2. The van der Waals surface area contributed by atoms with Gasteiger partial charge in [0, 0.05) is 12.8 Å². The Morgan fingerprint density at radius 3 is 1.17 bits per heavy atom. The maximum absolute atomic E-state index is 12.8. The summed E-state index contributed by atoms with van der Waals surface area (Å²) in [7, 11) is 5.94. The highest BCUT2D eigenvalue weighted by atomic mass is 16.7. The van der Waals surface area contributed by atoms with Crippen LogP contribution in [0.4, 0.5) is 0 Å². The molecule has 9 nitrogen and oxygen atoms in total. The molecule has 0 aromatic rings. The van der Waals surface area contributed by atoms with Gasteiger partial charge in [-0.15, -0.1) is 0 Å². The summed E-state index contributed by atoms with van der Waals surface area (Å²) in [6.45, 7) is 4.57. The minimum atomic E-state index is -1.53. The van der Waals surface area contributed by atoms with Crippen molar-refractivity contribution in [3.63, 3.8) is 0 Å². The van der Waals surface area contributed by atoms with Crippen LogP contribution in [-0.4, -0.2) is 87.4 Å². The van der Waals surface area contributed by atoms with Crippen molar-refractivity contribution in [3.05, 3.63) is 122 Å². The van der Waals surface area contributed by atoms with Crippen molar-refractivity contribution in [2.24, 2.45) is 0 Å². The lowest BCUT2D eigenvalue weighted by atomic mass is 10.1. The molecule has 0 aliphatic heterocycles. The van der Waals surface area contributed by atoms with E-state index in [1.165, 1.54) is 32.1 Å². The standard InChI is InChI=1S/C60H97NO8/c1-6-8-10-12-14-16-18-20-21-22-23-24-25-26-27-28-29-30-31-32-33-34-35-36-37-39-41-43-45-47-49-51-58(63)69-56(55-68-60(59(64)65)66-53-52-61(3,4)5)54-67-57(62)50-48-46-44-42-40-38-19-17-15-13-11-9-7-2/h8-11,14-17,20-21,23-24,26-27,29-30,32-33,38,40,56,60H,6-7,12-13,18-19,22,25,28,31,34-37,39,41-55H2,1-5H3/p+1/b10-8-,11-9-,16-14-,17-15-,21-20-,24-23-,27-26-,30-29-,33-32-,40-38-. The van der Waals surface area contributed by atoms with E-state index in [0.717, 1.165) is 109 Å². The Kier molecular flexibility index (Phi) is 47.0. The number of carboxylic acids is 1. The van der Waals surface area contributed by atoms with Gasteiger partial charge in [0.25, 0.3) is 6.29 Å². The van der Waals surface area contributed by atoms with Crippen LogP contribution >= 0.6 is 0 Å². The highest BCUT2D eigenvalue weighted by Crippen LogP contribution is 2.14. The average Bonchev–Trinajstić information content (AvgIpc) is 3.31. The molecule has 0 radical (unpaired) electrons. The quantitative estimate of drug-likeness (QED) is 0.0211. The van der Waals surface area contributed by atoms with Gasteiger partial charge in [-0.25, -0.2) is 4.79 Å². The molecule has 0 aromatic carbocycles. The van der Waals surface area contributed by atoms with Gasteiger partial charge in [0.05, 0.1) is 34.4 Å². The number of rotatable bonds is 47. The summed E-state index contributed by atoms with van der Waals surface area (Å²) in [5.74, 6) is -2.07. The fourth-order valence-corrected chi connectivity index (χ4v) is 6.65. The van der Waals surface area contributed by atoms with E-state index >= 15 is 0 Å². The van der Waals surface area contributed by atoms with Gasteiger partial charge < -0.3 is 28.5 Å². The van der Waals surface area contributed by atoms with Crippen LogP contribution in [0.1, 0.15) is 181 Å². The van der Waals surface area contributed by atoms with E-state index in [9.17, 15) is 19.5 Å². The van der Waals surface area contributed by atoms with Crippen LogP contribution in [0.15, 0.2) is 122 Å². The Bertz CT molecular complexity index is 1540. The molecule has 69 heavy (non-hydrogen) atoms. The summed E-state index contributed by atoms with van der Waals surface area (Å²) in [5, 5.41) is 9.67. The third-order valence-electron chi connectivity index (χ3n) is 10.7. The number of aliphatic carboxylic acids is 1. The molecule has 0 aliphatic rings. The summed E-state index contributed by atoms with van der Waals surface area (Å²) >= 11 is 0. The van der Waals surface area contributed by atoms with Crippen LogP contribution in [0.3, 0.4) is 0 Å². The van der Waals surface area contributed by atoms with Crippen LogP contribution in [0.2, 0.25) is 0 Å². The second-order valence-electron chi connectivity index (χ2n) is 18.4. The van der Waals surface area contributed by atoms with Crippen LogP contribution in [0, 0.1) is 0 Å². The molecule has 0 rings (SSSR count). The van der Waals surface area contributed by atoms with Crippen molar-refractivity contribution in [2.75, 3.05) is 47.5 Å². The number of allylic oxidation sites excluding steroid dienone is 20. The minimum absolute atomic E-state index is 0.175. The molecular weight excluding hydrogens is 863 g/mol. The number of hydrogen-bond acceptors (Lipinski definition) is 7. The van der Waals surface area contributed by atoms with E-state index in [4.69, 9.17) is 18.9 Å². The normalized spacial score (nSPS) is 13.8. The maximum Gasteiger partial charge on any atom is 0.361 e. The number of esters is 2. The second-order valence-corrected chi connectivity index (χ2v) is 18.4. The number of quaternary nitrogens is 1. The molecule has 0 aromatic heterocycles. The van der Waals surface area contributed by atoms with Gasteiger partial charge in [-0.2, -0.15) is 0 Å². The fourth-order valence-electron chi connectivity index (χ4n) is 6.65. The molecule has 0 spiro atoms. The molecule has 0 amide bonds. The van der Waals surface area contributed by atoms with Crippen molar-refractivity contribution in [1.29, 1.82) is 0 Å². The van der Waals surface area contributed by atoms with Crippen molar-refractivity contribution in [3.8, 4) is 0 Å². The Hall–Kier alpha value is -4.31. The van der Waals surface area contributed by atoms with Gasteiger partial charge in [0.15, 0.2) is 6.10 Å². The molecule has 9 heteroatoms. The first kappa shape index (κ1) is 64.7. The van der Waals surface area contributed by atoms with E-state index in [1.807, 2.05) is 21.1 Å². The van der Waals surface area contributed by atoms with E-state index in [2.05, 4.69) is 135 Å². The van der Waals surface area contributed by atoms with Crippen LogP contribution in [0.5, 0.6) is 0 Å². The number of unbranched alkanes of at least 4 members (excludes halogenated alkanes) is 12. The van der Waals surface area contributed by atoms with Crippen LogP contribution < -0.4 is 0 Å². The molecule has 0 aliphatic carbocycles. The molecule has 0 saturated heterocycles. The molecular formula is C60H98NO8+. The molecule has 1 N–H and O–H groups in total. The van der Waals surface area contributed by atoms with Gasteiger partial charge in [-0.1, -0.05) is 187 Å². The van der Waals surface area contributed by atoms with Gasteiger partial charge >= 0.3 is 17.9 Å². The van der Waals surface area contributed by atoms with Gasteiger partial charge in [0.2, 0.25) is 0 Å². The predicted molar refractivity (Wildman–Crippen MR) is 290 cm³/mol. The predicted octanol–water partition coefficient (Wildman–Crippen LogP) is 15.3. The molecule has 0 fully saturated rings. The Balaban J connectivity index is 4.28. The largest absolute Gasteiger partial charge is 0.477 e. The topological polar surface area (TPSA) is 108 Å². The van der Waals surface area contributed by atoms with Crippen LogP contribution in [0.25, 0.3) is 0 Å². The first-order valence-corrected chi connectivity index (χ1v) is 26.7. The summed E-state index contributed by atoms with van der Waals surface area (Å²) in [6.07, 6.45) is 67.1. The summed E-state index contributed by atoms with van der Waals surface area (Å²) in [5.41, 5.74) is 0. The highest BCUT2D eigenvalue weighted by molar-refractivity contribution is 5.71. The van der Waals surface area contributed by atoms with Crippen LogP contribution in [-0.2, 0) is 33.3 Å². The summed E-state index contributed by atoms with van der Waals surface area (Å²) < 4.78 is 22.7. The third-order valence-corrected chi connectivity index (χ3v) is 10.7. The van der Waals surface area contributed by atoms with E-state index in [1.54, 1.807) is 0 Å². The fraction of sp³-hybridized carbons (Fsp3) is 0.617. The van der Waals surface area contributed by atoms with Crippen molar-refractivity contribution >= 4 is 17.9 Å². The third kappa shape index (κ3) is 51.4. The minimum Gasteiger partial charge on any atom is -0.477 e. The lowest BCUT2D eigenvalue weighted by molar-refractivity contribution is -0.870. The molecule has 0 saturated carbocycles. The Labute approximate surface area is 421 Å². The smallest absolute Gasteiger partial charge is 0.361 e. The van der Waals surface area contributed by atoms with Gasteiger partial charge in [-0.05, 0) is 103 Å². The SMILES string of the molecule is CC/C=C\C/C=C\C/C=C\C/C=C\C/C=C\C/C=C\C/C=C\CCCCCCCCCCCC(=O)OC(COC(=O)CCCCC/C=C\C/C=C\C/C=C\CC)COC(OCC[N+](C)(C)C)C(=O)O. The summed E-state index contributed by atoms with van der Waals surface area (Å²) in [4.78, 5) is 37.3. The number of carbonyl (C=O) groups excluding carboxylic acids is 2. The molecule has 390 valence electrons. The molecule has 0 heterocycles. The second kappa shape index (κ2) is 50.1. The number of nitrogens with zero attached hydrogens (tertiary/aromatic N) is 1.